The minimum absolute atomic E-state index is 0.591. The second-order valence-corrected chi connectivity index (χ2v) is 5.24. The Balaban J connectivity index is 1.91. The van der Waals surface area contributed by atoms with E-state index in [4.69, 9.17) is 10.00 Å². The summed E-state index contributed by atoms with van der Waals surface area (Å²) in [6.07, 6.45) is 2.63. The number of hydrogen-bond donors (Lipinski definition) is 0. The van der Waals surface area contributed by atoms with Crippen molar-refractivity contribution in [2.75, 3.05) is 6.61 Å². The molecule has 0 spiro atoms. The van der Waals surface area contributed by atoms with Crippen LogP contribution in [0, 0.1) is 11.3 Å². The average molecular weight is 272 g/mol. The molecule has 2 rings (SSSR count). The molecule has 1 aromatic carbocycles. The Morgan fingerprint density at radius 2 is 2.05 bits per heavy atom. The molecule has 0 saturated carbocycles. The van der Waals surface area contributed by atoms with E-state index in [1.54, 1.807) is 0 Å². The Morgan fingerprint density at radius 3 is 2.74 bits per heavy atom. The van der Waals surface area contributed by atoms with Gasteiger partial charge in [0, 0.05) is 6.42 Å². The molecule has 0 atom stereocenters. The van der Waals surface area contributed by atoms with Gasteiger partial charge >= 0.3 is 0 Å². The smallest absolute Gasteiger partial charge is 0.128 e. The Bertz CT molecular complexity index is 557. The number of aryl methyl sites for hydroxylation is 1. The number of nitrogens with zero attached hydrogens (tertiary/aromatic N) is 2. The quantitative estimate of drug-likeness (QED) is 0.807. The Labute approximate surface area is 117 Å². The number of ether oxygens (including phenoxy) is 1. The highest BCUT2D eigenvalue weighted by Gasteiger charge is 2.09. The van der Waals surface area contributed by atoms with E-state index in [1.807, 2.05) is 30.3 Å². The van der Waals surface area contributed by atoms with Crippen molar-refractivity contribution >= 4 is 11.3 Å². The van der Waals surface area contributed by atoms with Gasteiger partial charge in [0.05, 0.1) is 17.3 Å². The molecule has 0 radical (unpaired) electrons. The Morgan fingerprint density at radius 1 is 1.26 bits per heavy atom. The Kier molecular flexibility index (Phi) is 4.93. The first-order chi connectivity index (χ1) is 9.33. The fourth-order valence-corrected chi connectivity index (χ4v) is 2.66. The molecule has 0 bridgehead atoms. The maximum atomic E-state index is 9.05. The molecule has 0 aliphatic heterocycles. The van der Waals surface area contributed by atoms with Gasteiger partial charge in [0.2, 0.25) is 0 Å². The van der Waals surface area contributed by atoms with Crippen molar-refractivity contribution in [2.24, 2.45) is 0 Å². The van der Waals surface area contributed by atoms with Crippen molar-refractivity contribution < 1.29 is 4.74 Å². The largest absolute Gasteiger partial charge is 0.493 e. The van der Waals surface area contributed by atoms with E-state index in [2.05, 4.69) is 18.0 Å². The van der Waals surface area contributed by atoms with Gasteiger partial charge in [0.15, 0.2) is 0 Å². The van der Waals surface area contributed by atoms with E-state index in [-0.39, 0.29) is 0 Å². The molecule has 0 fully saturated rings. The summed E-state index contributed by atoms with van der Waals surface area (Å²) in [6.45, 7) is 2.69. The molecule has 0 saturated heterocycles. The van der Waals surface area contributed by atoms with E-state index < -0.39 is 0 Å². The third kappa shape index (κ3) is 3.80. The van der Waals surface area contributed by atoms with Gasteiger partial charge in [0.1, 0.15) is 16.7 Å². The molecule has 1 aromatic heterocycles. The Hall–Kier alpha value is -1.86. The second kappa shape index (κ2) is 6.91. The van der Waals surface area contributed by atoms with Crippen LogP contribution in [-0.2, 0) is 12.8 Å². The van der Waals surface area contributed by atoms with E-state index in [0.29, 0.717) is 6.61 Å². The van der Waals surface area contributed by atoms with Gasteiger partial charge in [-0.15, -0.1) is 11.3 Å². The van der Waals surface area contributed by atoms with Gasteiger partial charge in [-0.1, -0.05) is 31.5 Å². The number of thiazole rings is 1. The first kappa shape index (κ1) is 13.6. The third-order valence-electron chi connectivity index (χ3n) is 2.66. The van der Waals surface area contributed by atoms with E-state index >= 15 is 0 Å². The van der Waals surface area contributed by atoms with E-state index in [0.717, 1.165) is 40.6 Å². The maximum Gasteiger partial charge on any atom is 0.128 e. The molecule has 98 valence electrons. The van der Waals surface area contributed by atoms with Crippen LogP contribution in [0.5, 0.6) is 5.75 Å². The fraction of sp³-hybridized carbons (Fsp3) is 0.333. The molecule has 0 aliphatic rings. The molecule has 0 aliphatic carbocycles. The maximum absolute atomic E-state index is 9.05. The number of aromatic nitrogens is 1. The zero-order valence-electron chi connectivity index (χ0n) is 10.9. The molecule has 2 aromatic rings. The van der Waals surface area contributed by atoms with Crippen molar-refractivity contribution in [3.63, 3.8) is 0 Å². The van der Waals surface area contributed by atoms with Crippen molar-refractivity contribution in [3.8, 4) is 11.8 Å². The van der Waals surface area contributed by atoms with Crippen LogP contribution in [0.4, 0.5) is 0 Å². The summed E-state index contributed by atoms with van der Waals surface area (Å²) in [7, 11) is 0. The molecule has 0 amide bonds. The van der Waals surface area contributed by atoms with Crippen molar-refractivity contribution in [1.29, 1.82) is 5.26 Å². The molecule has 0 N–H and O–H groups in total. The fourth-order valence-electron chi connectivity index (χ4n) is 1.77. The third-order valence-corrected chi connectivity index (χ3v) is 3.72. The van der Waals surface area contributed by atoms with Crippen LogP contribution in [0.15, 0.2) is 30.3 Å². The number of benzene rings is 1. The van der Waals surface area contributed by atoms with Crippen LogP contribution >= 0.6 is 11.3 Å². The lowest BCUT2D eigenvalue weighted by atomic mass is 10.2. The van der Waals surface area contributed by atoms with Gasteiger partial charge in [-0.3, -0.25) is 0 Å². The zero-order chi connectivity index (χ0) is 13.5. The highest BCUT2D eigenvalue weighted by molar-refractivity contribution is 7.12. The minimum atomic E-state index is 0.591. The van der Waals surface area contributed by atoms with Crippen LogP contribution in [0.1, 0.15) is 28.9 Å². The van der Waals surface area contributed by atoms with Gasteiger partial charge in [-0.2, -0.15) is 5.26 Å². The molecule has 1 heterocycles. The van der Waals surface area contributed by atoms with Crippen LogP contribution in [0.2, 0.25) is 0 Å². The molecule has 4 heteroatoms. The molecule has 3 nitrogen and oxygen atoms in total. The first-order valence-corrected chi connectivity index (χ1v) is 7.21. The summed E-state index contributed by atoms with van der Waals surface area (Å²) in [4.78, 5) is 5.26. The van der Waals surface area contributed by atoms with E-state index in [1.165, 1.54) is 11.3 Å². The van der Waals surface area contributed by atoms with E-state index in [9.17, 15) is 0 Å². The topological polar surface area (TPSA) is 45.9 Å². The van der Waals surface area contributed by atoms with Gasteiger partial charge in [-0.05, 0) is 18.6 Å². The molecule has 19 heavy (non-hydrogen) atoms. The first-order valence-electron chi connectivity index (χ1n) is 6.40. The minimum Gasteiger partial charge on any atom is -0.493 e. The average Bonchev–Trinajstić information content (AvgIpc) is 2.83. The predicted molar refractivity (Wildman–Crippen MR) is 76.5 cm³/mol. The van der Waals surface area contributed by atoms with Crippen LogP contribution < -0.4 is 4.74 Å². The standard InChI is InChI=1S/C15H16N2OS/c1-2-6-13-14(11-16)19-15(17-13)9-10-18-12-7-4-3-5-8-12/h3-5,7-8H,2,6,9-10H2,1H3. The van der Waals surface area contributed by atoms with Crippen molar-refractivity contribution in [1.82, 2.24) is 4.98 Å². The summed E-state index contributed by atoms with van der Waals surface area (Å²) in [6, 6.07) is 12.0. The zero-order valence-corrected chi connectivity index (χ0v) is 11.7. The van der Waals surface area contributed by atoms with Gasteiger partial charge in [0.25, 0.3) is 0 Å². The summed E-state index contributed by atoms with van der Waals surface area (Å²) in [5.41, 5.74) is 0.935. The summed E-state index contributed by atoms with van der Waals surface area (Å²) < 4.78 is 5.64. The van der Waals surface area contributed by atoms with Crippen molar-refractivity contribution in [3.05, 3.63) is 45.9 Å². The highest BCUT2D eigenvalue weighted by Crippen LogP contribution is 2.20. The number of para-hydroxylation sites is 1. The number of hydrogen-bond acceptors (Lipinski definition) is 4. The summed E-state index contributed by atoms with van der Waals surface area (Å²) in [5.74, 6) is 0.869. The summed E-state index contributed by atoms with van der Waals surface area (Å²) >= 11 is 1.48. The van der Waals surface area contributed by atoms with Crippen LogP contribution in [-0.4, -0.2) is 11.6 Å². The van der Waals surface area contributed by atoms with Gasteiger partial charge < -0.3 is 4.74 Å². The van der Waals surface area contributed by atoms with Crippen molar-refractivity contribution in [2.45, 2.75) is 26.2 Å². The van der Waals surface area contributed by atoms with Crippen LogP contribution in [0.25, 0.3) is 0 Å². The van der Waals surface area contributed by atoms with Crippen LogP contribution in [0.3, 0.4) is 0 Å². The lowest BCUT2D eigenvalue weighted by Gasteiger charge is -2.03. The second-order valence-electron chi connectivity index (χ2n) is 4.16. The van der Waals surface area contributed by atoms with Gasteiger partial charge in [-0.25, -0.2) is 4.98 Å². The summed E-state index contributed by atoms with van der Waals surface area (Å²) in [5, 5.41) is 10.0. The normalized spacial score (nSPS) is 10.1. The SMILES string of the molecule is CCCc1nc(CCOc2ccccc2)sc1C#N. The molecule has 0 unspecified atom stereocenters. The number of rotatable bonds is 6. The number of nitriles is 1. The predicted octanol–water partition coefficient (Wildman–Crippen LogP) is 3.59. The lowest BCUT2D eigenvalue weighted by molar-refractivity contribution is 0.321. The lowest BCUT2D eigenvalue weighted by Crippen LogP contribution is -2.01. The monoisotopic (exact) mass is 272 g/mol. The molecular weight excluding hydrogens is 256 g/mol. The highest BCUT2D eigenvalue weighted by atomic mass is 32.1. The molecular formula is C15H16N2OS.